The number of carboxylic acids is 1. The van der Waals surface area contributed by atoms with E-state index in [9.17, 15) is 29.1 Å². The van der Waals surface area contributed by atoms with E-state index in [0.717, 1.165) is 10.9 Å². The number of H-pyrrole nitrogens is 2. The van der Waals surface area contributed by atoms with Crippen LogP contribution in [0.1, 0.15) is 17.7 Å². The van der Waals surface area contributed by atoms with Gasteiger partial charge in [0.25, 0.3) is 0 Å². The van der Waals surface area contributed by atoms with Crippen LogP contribution in [0.15, 0.2) is 43.0 Å². The monoisotopic (exact) mass is 558 g/mol. The molecule has 0 spiro atoms. The van der Waals surface area contributed by atoms with Gasteiger partial charge in [-0.3, -0.25) is 19.2 Å². The van der Waals surface area contributed by atoms with Crippen LogP contribution in [-0.4, -0.2) is 79.6 Å². The first-order chi connectivity index (χ1) is 18.6. The summed E-state index contributed by atoms with van der Waals surface area (Å²) in [5.41, 5.74) is 13.4. The van der Waals surface area contributed by atoms with E-state index in [2.05, 4.69) is 43.5 Å². The van der Waals surface area contributed by atoms with Crippen molar-refractivity contribution in [2.75, 3.05) is 5.75 Å². The number of imidazole rings is 1. The maximum atomic E-state index is 13.4. The summed E-state index contributed by atoms with van der Waals surface area (Å²) in [6.45, 7) is 0. The van der Waals surface area contributed by atoms with Crippen LogP contribution in [0.2, 0.25) is 0 Å². The van der Waals surface area contributed by atoms with Crippen LogP contribution in [0.25, 0.3) is 10.9 Å². The maximum Gasteiger partial charge on any atom is 0.327 e. The number of aromatic amines is 2. The molecule has 10 N–H and O–H groups in total. The lowest BCUT2D eigenvalue weighted by Gasteiger charge is -2.24. The summed E-state index contributed by atoms with van der Waals surface area (Å²) in [6, 6.07) is 2.24. The minimum Gasteiger partial charge on any atom is -0.480 e. The van der Waals surface area contributed by atoms with E-state index in [1.54, 1.807) is 6.20 Å². The molecule has 0 bridgehead atoms. The zero-order valence-electron chi connectivity index (χ0n) is 20.7. The molecule has 4 unspecified atom stereocenters. The third kappa shape index (κ3) is 8.05. The first-order valence-electron chi connectivity index (χ1n) is 11.9. The number of para-hydroxylation sites is 1. The summed E-state index contributed by atoms with van der Waals surface area (Å²) < 4.78 is 0. The van der Waals surface area contributed by atoms with Crippen molar-refractivity contribution in [2.45, 2.75) is 43.4 Å². The van der Waals surface area contributed by atoms with Crippen LogP contribution in [0.4, 0.5) is 0 Å². The van der Waals surface area contributed by atoms with Crippen molar-refractivity contribution in [3.8, 4) is 0 Å². The Morgan fingerprint density at radius 1 is 0.949 bits per heavy atom. The van der Waals surface area contributed by atoms with Crippen molar-refractivity contribution in [1.29, 1.82) is 0 Å². The minimum atomic E-state index is -1.50. The Labute approximate surface area is 228 Å². The first-order valence-corrected chi connectivity index (χ1v) is 12.5. The average molecular weight is 559 g/mol. The zero-order valence-corrected chi connectivity index (χ0v) is 21.6. The number of benzene rings is 1. The molecular formula is C24H30N8O6S. The van der Waals surface area contributed by atoms with Crippen LogP contribution >= 0.6 is 12.6 Å². The number of hydrogen-bond donors (Lipinski definition) is 9. The molecule has 2 heterocycles. The Kier molecular flexibility index (Phi) is 10.1. The number of aromatic nitrogens is 3. The summed E-state index contributed by atoms with van der Waals surface area (Å²) >= 11 is 3.89. The average Bonchev–Trinajstić information content (AvgIpc) is 3.55. The van der Waals surface area contributed by atoms with Crippen LogP contribution < -0.4 is 27.4 Å². The molecule has 0 aliphatic carbocycles. The van der Waals surface area contributed by atoms with E-state index >= 15 is 0 Å². The third-order valence-electron chi connectivity index (χ3n) is 5.90. The second-order valence-corrected chi connectivity index (χ2v) is 9.19. The van der Waals surface area contributed by atoms with E-state index in [1.165, 1.54) is 12.5 Å². The van der Waals surface area contributed by atoms with Crippen molar-refractivity contribution in [1.82, 2.24) is 30.9 Å². The fourth-order valence-corrected chi connectivity index (χ4v) is 4.12. The quantitative estimate of drug-likeness (QED) is 0.104. The van der Waals surface area contributed by atoms with E-state index in [0.29, 0.717) is 11.3 Å². The summed E-state index contributed by atoms with van der Waals surface area (Å²) in [5, 5.41) is 17.3. The minimum absolute atomic E-state index is 0.0116. The van der Waals surface area contributed by atoms with Gasteiger partial charge in [0.15, 0.2) is 0 Å². The van der Waals surface area contributed by atoms with Crippen molar-refractivity contribution >= 4 is 53.1 Å². The molecule has 14 nitrogen and oxygen atoms in total. The predicted octanol–water partition coefficient (Wildman–Crippen LogP) is -1.65. The molecule has 2 aromatic heterocycles. The second kappa shape index (κ2) is 13.4. The molecule has 208 valence electrons. The van der Waals surface area contributed by atoms with Gasteiger partial charge in [0.2, 0.25) is 23.6 Å². The number of hydrogen-bond acceptors (Lipinski definition) is 8. The number of primary amides is 1. The number of rotatable bonds is 14. The van der Waals surface area contributed by atoms with Gasteiger partial charge in [0, 0.05) is 47.6 Å². The van der Waals surface area contributed by atoms with E-state index in [1.807, 2.05) is 24.3 Å². The molecule has 0 aliphatic heterocycles. The number of nitrogens with two attached hydrogens (primary N) is 2. The lowest BCUT2D eigenvalue weighted by Crippen LogP contribution is -2.58. The van der Waals surface area contributed by atoms with Gasteiger partial charge in [-0.25, -0.2) is 9.78 Å². The Morgan fingerprint density at radius 3 is 2.26 bits per heavy atom. The predicted molar refractivity (Wildman–Crippen MR) is 143 cm³/mol. The molecule has 0 aliphatic rings. The van der Waals surface area contributed by atoms with Gasteiger partial charge in [0.1, 0.15) is 18.1 Å². The smallest absolute Gasteiger partial charge is 0.327 e. The molecule has 3 rings (SSSR count). The van der Waals surface area contributed by atoms with Gasteiger partial charge in [0.05, 0.1) is 18.8 Å². The molecule has 1 aromatic carbocycles. The Bertz CT molecular complexity index is 1330. The number of aliphatic carboxylic acids is 1. The Morgan fingerprint density at radius 2 is 1.62 bits per heavy atom. The number of carbonyl (C=O) groups is 5. The SMILES string of the molecule is NC(=O)CC(NC(=O)C(Cc1c[nH]c2ccccc12)NC(=O)C(N)Cc1cnc[nH]1)C(=O)NC(CS)C(=O)O. The van der Waals surface area contributed by atoms with Gasteiger partial charge in [-0.05, 0) is 11.6 Å². The van der Waals surface area contributed by atoms with E-state index in [4.69, 9.17) is 11.5 Å². The number of carboxylic acid groups (broad SMARTS) is 1. The molecule has 4 atom stereocenters. The van der Waals surface area contributed by atoms with Crippen molar-refractivity contribution in [2.24, 2.45) is 11.5 Å². The number of thiol groups is 1. The van der Waals surface area contributed by atoms with Crippen LogP contribution in [0, 0.1) is 0 Å². The Hall–Kier alpha value is -4.37. The van der Waals surface area contributed by atoms with Gasteiger partial charge < -0.3 is 42.5 Å². The zero-order chi connectivity index (χ0) is 28.5. The standard InChI is InChI=1S/C24H30N8O6S/c25-15(6-13-9-27-11-29-13)21(34)30-17(5-12-8-28-16-4-2-1-3-14(12)16)22(35)31-18(7-20(26)33)23(36)32-19(10-39)24(37)38/h1-4,8-9,11,15,17-19,28,39H,5-7,10,25H2,(H2,26,33)(H,27,29)(H,30,34)(H,31,35)(H,32,36)(H,37,38). The summed E-state index contributed by atoms with van der Waals surface area (Å²) in [7, 11) is 0. The largest absolute Gasteiger partial charge is 0.480 e. The van der Waals surface area contributed by atoms with E-state index < -0.39 is 60.2 Å². The van der Waals surface area contributed by atoms with Crippen LogP contribution in [-0.2, 0) is 36.8 Å². The van der Waals surface area contributed by atoms with Crippen LogP contribution in [0.3, 0.4) is 0 Å². The second-order valence-electron chi connectivity index (χ2n) is 8.83. The highest BCUT2D eigenvalue weighted by atomic mass is 32.1. The number of amides is 4. The van der Waals surface area contributed by atoms with Gasteiger partial charge in [-0.2, -0.15) is 12.6 Å². The lowest BCUT2D eigenvalue weighted by molar-refractivity contribution is -0.141. The molecule has 15 heteroatoms. The fraction of sp³-hybridized carbons (Fsp3) is 0.333. The highest BCUT2D eigenvalue weighted by Gasteiger charge is 2.31. The highest BCUT2D eigenvalue weighted by molar-refractivity contribution is 7.80. The van der Waals surface area contributed by atoms with Crippen molar-refractivity contribution in [3.63, 3.8) is 0 Å². The summed E-state index contributed by atoms with van der Waals surface area (Å²) in [5.74, 6) is -4.88. The number of carbonyl (C=O) groups excluding carboxylic acids is 4. The third-order valence-corrected chi connectivity index (χ3v) is 6.26. The molecule has 0 radical (unpaired) electrons. The summed E-state index contributed by atoms with van der Waals surface area (Å²) in [6.07, 6.45) is 4.19. The number of nitrogens with zero attached hydrogens (tertiary/aromatic N) is 1. The highest BCUT2D eigenvalue weighted by Crippen LogP contribution is 2.19. The molecule has 0 fully saturated rings. The van der Waals surface area contributed by atoms with E-state index in [-0.39, 0.29) is 18.6 Å². The molecule has 4 amide bonds. The molecule has 0 saturated carbocycles. The lowest BCUT2D eigenvalue weighted by atomic mass is 10.0. The molecular weight excluding hydrogens is 528 g/mol. The fourth-order valence-electron chi connectivity index (χ4n) is 3.87. The Balaban J connectivity index is 1.83. The first kappa shape index (κ1) is 29.2. The van der Waals surface area contributed by atoms with Crippen molar-refractivity contribution in [3.05, 3.63) is 54.2 Å². The summed E-state index contributed by atoms with van der Waals surface area (Å²) in [4.78, 5) is 71.9. The number of fused-ring (bicyclic) bond motifs is 1. The normalized spacial score (nSPS) is 14.1. The van der Waals surface area contributed by atoms with Gasteiger partial charge in [-0.1, -0.05) is 18.2 Å². The molecule has 39 heavy (non-hydrogen) atoms. The molecule has 0 saturated heterocycles. The topological polar surface area (TPSA) is 238 Å². The maximum absolute atomic E-state index is 13.4. The van der Waals surface area contributed by atoms with Crippen LogP contribution in [0.5, 0.6) is 0 Å². The van der Waals surface area contributed by atoms with Gasteiger partial charge in [-0.15, -0.1) is 0 Å². The molecule has 3 aromatic rings. The van der Waals surface area contributed by atoms with Gasteiger partial charge >= 0.3 is 5.97 Å². The number of nitrogens with one attached hydrogen (secondary N) is 5. The van der Waals surface area contributed by atoms with Crippen molar-refractivity contribution < 1.29 is 29.1 Å².